The van der Waals surface area contributed by atoms with E-state index in [-0.39, 0.29) is 23.2 Å². The molecule has 0 aliphatic heterocycles. The number of methoxy groups -OCH3 is 1. The van der Waals surface area contributed by atoms with Crippen LogP contribution in [0.2, 0.25) is 0 Å². The Morgan fingerprint density at radius 1 is 1.07 bits per heavy atom. The number of hydrogen-bond acceptors (Lipinski definition) is 5. The fourth-order valence-electron chi connectivity index (χ4n) is 2.23. The molecule has 0 heterocycles. The van der Waals surface area contributed by atoms with Crippen molar-refractivity contribution in [1.29, 1.82) is 0 Å². The van der Waals surface area contributed by atoms with Gasteiger partial charge in [0.25, 0.3) is 0 Å². The first-order valence-electron chi connectivity index (χ1n) is 8.01. The lowest BCUT2D eigenvalue weighted by Crippen LogP contribution is -2.10. The third-order valence-electron chi connectivity index (χ3n) is 3.46. The summed E-state index contributed by atoms with van der Waals surface area (Å²) in [6, 6.07) is 11.5. The van der Waals surface area contributed by atoms with Gasteiger partial charge in [-0.2, -0.15) is 0 Å². The topological polar surface area (TPSA) is 102 Å². The molecule has 0 atom stereocenters. The van der Waals surface area contributed by atoms with Crippen LogP contribution in [-0.2, 0) is 9.59 Å². The summed E-state index contributed by atoms with van der Waals surface area (Å²) in [6.45, 7) is 0.927. The van der Waals surface area contributed by atoms with Crippen LogP contribution in [0, 0.1) is 0 Å². The molecule has 0 aliphatic carbocycles. The van der Waals surface area contributed by atoms with E-state index in [0.29, 0.717) is 11.3 Å². The molecule has 1 amide bonds. The molecule has 140 valence electrons. The normalized spacial score (nSPS) is 10.4. The van der Waals surface area contributed by atoms with Gasteiger partial charge in [0.1, 0.15) is 0 Å². The number of ether oxygens (including phenoxy) is 2. The summed E-state index contributed by atoms with van der Waals surface area (Å²) in [5.41, 5.74) is 1.85. The van der Waals surface area contributed by atoms with E-state index in [1.807, 2.05) is 0 Å². The summed E-state index contributed by atoms with van der Waals surface area (Å²) in [6.07, 6.45) is 3.07. The summed E-state index contributed by atoms with van der Waals surface area (Å²) >= 11 is 0. The zero-order valence-electron chi connectivity index (χ0n) is 14.9. The SMILES string of the molecule is COc1cc(C(=O)/C=C/c2ccc(NC(C)=O)cc2)ccc1OCC(=O)O. The van der Waals surface area contributed by atoms with Crippen molar-refractivity contribution in [2.45, 2.75) is 6.92 Å². The lowest BCUT2D eigenvalue weighted by molar-refractivity contribution is -0.139. The van der Waals surface area contributed by atoms with Gasteiger partial charge in [-0.1, -0.05) is 18.2 Å². The van der Waals surface area contributed by atoms with Gasteiger partial charge < -0.3 is 19.9 Å². The molecule has 0 aromatic heterocycles. The summed E-state index contributed by atoms with van der Waals surface area (Å²) < 4.78 is 10.3. The van der Waals surface area contributed by atoms with Crippen LogP contribution in [0.15, 0.2) is 48.5 Å². The van der Waals surface area contributed by atoms with E-state index in [1.165, 1.54) is 38.3 Å². The minimum atomic E-state index is -1.11. The van der Waals surface area contributed by atoms with Crippen LogP contribution in [0.3, 0.4) is 0 Å². The number of carboxylic acid groups (broad SMARTS) is 1. The first-order chi connectivity index (χ1) is 12.9. The Labute approximate surface area is 156 Å². The quantitative estimate of drug-likeness (QED) is 0.548. The fraction of sp³-hybridized carbons (Fsp3) is 0.150. The van der Waals surface area contributed by atoms with Crippen molar-refractivity contribution < 1.29 is 29.0 Å². The van der Waals surface area contributed by atoms with Crippen LogP contribution < -0.4 is 14.8 Å². The zero-order chi connectivity index (χ0) is 19.8. The number of carboxylic acids is 1. The molecule has 27 heavy (non-hydrogen) atoms. The van der Waals surface area contributed by atoms with Gasteiger partial charge in [0, 0.05) is 18.2 Å². The van der Waals surface area contributed by atoms with Gasteiger partial charge in [-0.15, -0.1) is 0 Å². The van der Waals surface area contributed by atoms with Crippen molar-refractivity contribution in [1.82, 2.24) is 0 Å². The van der Waals surface area contributed by atoms with Gasteiger partial charge in [-0.05, 0) is 42.0 Å². The highest BCUT2D eigenvalue weighted by molar-refractivity contribution is 6.07. The van der Waals surface area contributed by atoms with Crippen molar-refractivity contribution in [3.05, 3.63) is 59.7 Å². The molecule has 0 radical (unpaired) electrons. The van der Waals surface area contributed by atoms with Crippen molar-refractivity contribution in [3.63, 3.8) is 0 Å². The van der Waals surface area contributed by atoms with E-state index in [1.54, 1.807) is 30.3 Å². The maximum atomic E-state index is 12.3. The number of hydrogen-bond donors (Lipinski definition) is 2. The summed E-state index contributed by atoms with van der Waals surface area (Å²) in [7, 11) is 1.41. The van der Waals surface area contributed by atoms with Crippen molar-refractivity contribution in [2.75, 3.05) is 19.0 Å². The molecule has 2 rings (SSSR count). The lowest BCUT2D eigenvalue weighted by atomic mass is 10.1. The first kappa shape index (κ1) is 19.7. The Kier molecular flexibility index (Phi) is 6.71. The third kappa shape index (κ3) is 6.00. The van der Waals surface area contributed by atoms with Crippen LogP contribution in [0.25, 0.3) is 6.08 Å². The number of carbonyl (C=O) groups is 3. The fourth-order valence-corrected chi connectivity index (χ4v) is 2.23. The second-order valence-electron chi connectivity index (χ2n) is 5.55. The second-order valence-corrected chi connectivity index (χ2v) is 5.55. The highest BCUT2D eigenvalue weighted by Crippen LogP contribution is 2.28. The van der Waals surface area contributed by atoms with E-state index in [9.17, 15) is 14.4 Å². The lowest BCUT2D eigenvalue weighted by Gasteiger charge is -2.10. The maximum absolute atomic E-state index is 12.3. The number of amides is 1. The van der Waals surface area contributed by atoms with Crippen LogP contribution in [0.4, 0.5) is 5.69 Å². The monoisotopic (exact) mass is 369 g/mol. The predicted octanol–water partition coefficient (Wildman–Crippen LogP) is 3.01. The molecule has 0 bridgehead atoms. The van der Waals surface area contributed by atoms with Crippen molar-refractivity contribution in [2.24, 2.45) is 0 Å². The number of benzene rings is 2. The molecule has 2 aromatic carbocycles. The summed E-state index contributed by atoms with van der Waals surface area (Å²) in [4.78, 5) is 33.9. The molecular weight excluding hydrogens is 350 g/mol. The largest absolute Gasteiger partial charge is 0.493 e. The van der Waals surface area contributed by atoms with Crippen molar-refractivity contribution in [3.8, 4) is 11.5 Å². The molecule has 0 saturated heterocycles. The Balaban J connectivity index is 2.09. The van der Waals surface area contributed by atoms with Crippen molar-refractivity contribution >= 4 is 29.4 Å². The zero-order valence-corrected chi connectivity index (χ0v) is 14.9. The standard InChI is InChI=1S/C20H19NO6/c1-13(22)21-16-7-3-14(4-8-16)5-9-17(23)15-6-10-18(19(11-15)26-2)27-12-20(24)25/h3-11H,12H2,1-2H3,(H,21,22)(H,24,25)/b9-5+. The van der Waals surface area contributed by atoms with Crippen LogP contribution in [0.1, 0.15) is 22.8 Å². The van der Waals surface area contributed by atoms with Gasteiger partial charge >= 0.3 is 5.97 Å². The molecule has 7 nitrogen and oxygen atoms in total. The van der Waals surface area contributed by atoms with E-state index >= 15 is 0 Å². The molecule has 0 fully saturated rings. The minimum absolute atomic E-state index is 0.154. The van der Waals surface area contributed by atoms with Gasteiger partial charge in [0.2, 0.25) is 5.91 Å². The number of ketones is 1. The van der Waals surface area contributed by atoms with Gasteiger partial charge in [0.05, 0.1) is 7.11 Å². The van der Waals surface area contributed by atoms with E-state index < -0.39 is 12.6 Å². The molecule has 7 heteroatoms. The summed E-state index contributed by atoms with van der Waals surface area (Å²) in [5.74, 6) is -0.990. The Morgan fingerprint density at radius 3 is 2.37 bits per heavy atom. The van der Waals surface area contributed by atoms with Gasteiger partial charge in [-0.3, -0.25) is 9.59 Å². The predicted molar refractivity (Wildman–Crippen MR) is 100 cm³/mol. The van der Waals surface area contributed by atoms with Crippen LogP contribution in [-0.4, -0.2) is 36.5 Å². The van der Waals surface area contributed by atoms with E-state index in [0.717, 1.165) is 5.56 Å². The molecule has 2 N–H and O–H groups in total. The van der Waals surface area contributed by atoms with Gasteiger partial charge in [0.15, 0.2) is 23.9 Å². The molecule has 2 aromatic rings. The number of allylic oxidation sites excluding steroid dienone is 1. The first-order valence-corrected chi connectivity index (χ1v) is 8.01. The van der Waals surface area contributed by atoms with E-state index in [2.05, 4.69) is 5.32 Å². The number of rotatable bonds is 8. The van der Waals surface area contributed by atoms with Crippen LogP contribution >= 0.6 is 0 Å². The molecular formula is C20H19NO6. The highest BCUT2D eigenvalue weighted by Gasteiger charge is 2.10. The number of anilines is 1. The molecule has 0 unspecified atom stereocenters. The van der Waals surface area contributed by atoms with Gasteiger partial charge in [-0.25, -0.2) is 4.79 Å². The average Bonchev–Trinajstić information content (AvgIpc) is 2.64. The van der Waals surface area contributed by atoms with Crippen LogP contribution in [0.5, 0.6) is 11.5 Å². The minimum Gasteiger partial charge on any atom is -0.493 e. The Hall–Kier alpha value is -3.61. The molecule has 0 saturated carbocycles. The molecule has 0 spiro atoms. The maximum Gasteiger partial charge on any atom is 0.341 e. The summed E-state index contributed by atoms with van der Waals surface area (Å²) in [5, 5.41) is 11.3. The second kappa shape index (κ2) is 9.19. The average molecular weight is 369 g/mol. The molecule has 0 aliphatic rings. The number of carbonyl (C=O) groups excluding carboxylic acids is 2. The number of aliphatic carboxylic acids is 1. The Bertz CT molecular complexity index is 871. The Morgan fingerprint density at radius 2 is 1.78 bits per heavy atom. The number of nitrogens with one attached hydrogen (secondary N) is 1. The van der Waals surface area contributed by atoms with E-state index in [4.69, 9.17) is 14.6 Å². The third-order valence-corrected chi connectivity index (χ3v) is 3.46. The highest BCUT2D eigenvalue weighted by atomic mass is 16.5. The smallest absolute Gasteiger partial charge is 0.341 e.